The van der Waals surface area contributed by atoms with Gasteiger partial charge >= 0.3 is 0 Å². The Balaban J connectivity index is -0.0000000450. The SMILES string of the molecule is [Dy].[O-][I+2]([O-])[O-].[O-][I+2]([O-])[O-].[O-][I+2]([O-])[O-]. The molecule has 0 amide bonds. The maximum absolute atomic E-state index is 8.57. The van der Waals surface area contributed by atoms with E-state index in [4.69, 9.17) is 30.9 Å². The molecule has 0 radical (unpaired) electrons. The second kappa shape index (κ2) is 20.5. The van der Waals surface area contributed by atoms with E-state index in [0.717, 1.165) is 0 Å². The fourth-order valence-electron chi connectivity index (χ4n) is 0. The Morgan fingerprint density at radius 3 is 0.385 bits per heavy atom. The van der Waals surface area contributed by atoms with Gasteiger partial charge in [-0.2, -0.15) is 0 Å². The molecule has 9 nitrogen and oxygen atoms in total. The Kier molecular flexibility index (Phi) is 39.6. The van der Waals surface area contributed by atoms with Gasteiger partial charge in [0.05, 0.1) is 0 Å². The largest absolute Gasteiger partial charge is 0.427 e. The third-order valence-corrected chi connectivity index (χ3v) is 0. The van der Waals surface area contributed by atoms with Crippen LogP contribution in [0.4, 0.5) is 0 Å². The third kappa shape index (κ3) is 269. The van der Waals surface area contributed by atoms with E-state index in [1.54, 1.807) is 0 Å². The molecule has 0 N–H and O–H groups in total. The van der Waals surface area contributed by atoms with Crippen molar-refractivity contribution in [2.45, 2.75) is 0 Å². The molecule has 0 saturated heterocycles. The zero-order chi connectivity index (χ0) is 10.7. The molecule has 0 fully saturated rings. The Hall–Kier alpha value is 3.10. The quantitative estimate of drug-likeness (QED) is 0.221. The van der Waals surface area contributed by atoms with E-state index in [9.17, 15) is 0 Å². The van der Waals surface area contributed by atoms with Crippen molar-refractivity contribution in [1.82, 2.24) is 0 Å². The second-order valence-corrected chi connectivity index (χ2v) is 3.80. The first-order chi connectivity index (χ1) is 5.20. The van der Waals surface area contributed by atoms with Crippen LogP contribution in [0.3, 0.4) is 0 Å². The third-order valence-electron chi connectivity index (χ3n) is 0. The van der Waals surface area contributed by atoms with Crippen LogP contribution in [0.2, 0.25) is 0 Å². The first-order valence-electron chi connectivity index (χ1n) is 1.39. The Morgan fingerprint density at radius 1 is 0.385 bits per heavy atom. The molecule has 13 heteroatoms. The summed E-state index contributed by atoms with van der Waals surface area (Å²) in [6.45, 7) is 0. The number of hydrogen-bond acceptors (Lipinski definition) is 9. The molecule has 0 unspecified atom stereocenters. The average Bonchev–Trinajstić information content (AvgIpc) is 1.54. The van der Waals surface area contributed by atoms with E-state index >= 15 is 0 Å². The molecular formula is DyI3O9-3. The first kappa shape index (κ1) is 25.1. The summed E-state index contributed by atoms with van der Waals surface area (Å²) < 4.78 is 77.2. The van der Waals surface area contributed by atoms with Crippen LogP contribution in [-0.4, -0.2) is 0 Å². The maximum Gasteiger partial charge on any atom is 0.282 e. The topological polar surface area (TPSA) is 208 Å². The summed E-state index contributed by atoms with van der Waals surface area (Å²) in [7, 11) is 0. The van der Waals surface area contributed by atoms with Crippen molar-refractivity contribution in [2.24, 2.45) is 0 Å². The number of hydrogen-bond donors (Lipinski definition) is 0. The van der Waals surface area contributed by atoms with Crippen LogP contribution in [0.1, 0.15) is 0 Å². The van der Waals surface area contributed by atoms with E-state index in [1.165, 1.54) is 0 Å². The normalized spacial score (nSPS) is 8.31. The molecule has 0 atom stereocenters. The van der Waals surface area contributed by atoms with Crippen molar-refractivity contribution < 1.29 is 132 Å². The Labute approximate surface area is 130 Å². The number of rotatable bonds is 0. The molecule has 0 saturated carbocycles. The summed E-state index contributed by atoms with van der Waals surface area (Å²) >= 11 is -12.0. The van der Waals surface area contributed by atoms with Gasteiger partial charge in [0.15, 0.2) is 0 Å². The van der Waals surface area contributed by atoms with Gasteiger partial charge in [-0.15, -0.1) is 0 Å². The van der Waals surface area contributed by atoms with Gasteiger partial charge in [-0.25, -0.2) is 0 Å². The average molecular weight is 687 g/mol. The molecule has 88 valence electrons. The van der Waals surface area contributed by atoms with Gasteiger partial charge in [0.2, 0.25) is 0 Å². The van der Waals surface area contributed by atoms with Crippen LogP contribution in [0, 0.1) is 38.2 Å². The van der Waals surface area contributed by atoms with Gasteiger partial charge in [0.1, 0.15) is 0 Å². The van der Waals surface area contributed by atoms with E-state index in [2.05, 4.69) is 0 Å². The maximum atomic E-state index is 8.57. The van der Waals surface area contributed by atoms with Crippen molar-refractivity contribution in [3.05, 3.63) is 0 Å². The van der Waals surface area contributed by atoms with Crippen molar-refractivity contribution in [3.8, 4) is 0 Å². The Bertz CT molecular complexity index is 43.4. The van der Waals surface area contributed by atoms with Crippen molar-refractivity contribution in [3.63, 3.8) is 0 Å². The minimum absolute atomic E-state index is 0. The van der Waals surface area contributed by atoms with E-state index in [0.29, 0.717) is 0 Å². The molecule has 0 aromatic carbocycles. The van der Waals surface area contributed by atoms with Crippen molar-refractivity contribution in [1.29, 1.82) is 0 Å². The molecule has 0 heterocycles. The molecule has 0 aliphatic rings. The van der Waals surface area contributed by atoms with Crippen LogP contribution in [0.25, 0.3) is 0 Å². The minimum atomic E-state index is -4.01. The summed E-state index contributed by atoms with van der Waals surface area (Å²) in [6.07, 6.45) is 0. The monoisotopic (exact) mass is 689 g/mol. The second-order valence-electron chi connectivity index (χ2n) is 0.567. The van der Waals surface area contributed by atoms with Crippen LogP contribution < -0.4 is 94.1 Å². The van der Waals surface area contributed by atoms with E-state index < -0.39 is 63.2 Å². The molecule has 0 aliphatic heterocycles. The molecule has 0 spiro atoms. The van der Waals surface area contributed by atoms with E-state index in [-0.39, 0.29) is 38.2 Å². The molecule has 0 bridgehead atoms. The molecular weight excluding hydrogens is 687 g/mol. The van der Waals surface area contributed by atoms with Crippen molar-refractivity contribution >= 4 is 0 Å². The predicted octanol–water partition coefficient (Wildman–Crippen LogP) is -19.7. The van der Waals surface area contributed by atoms with E-state index in [1.807, 2.05) is 0 Å². The molecule has 13 heavy (non-hydrogen) atoms. The van der Waals surface area contributed by atoms with Crippen molar-refractivity contribution in [2.75, 3.05) is 0 Å². The fraction of sp³-hybridized carbons (Fsp3) is 0. The van der Waals surface area contributed by atoms with Gasteiger partial charge in [0, 0.05) is 38.2 Å². The van der Waals surface area contributed by atoms with Gasteiger partial charge in [-0.1, -0.05) is 0 Å². The molecule has 0 rings (SSSR count). The van der Waals surface area contributed by atoms with Gasteiger partial charge in [-0.3, -0.25) is 0 Å². The fourth-order valence-corrected chi connectivity index (χ4v) is 0. The summed E-state index contributed by atoms with van der Waals surface area (Å²) in [6, 6.07) is 0. The van der Waals surface area contributed by atoms with Crippen LogP contribution in [0.5, 0.6) is 0 Å². The zero-order valence-electron chi connectivity index (χ0n) is 5.12. The minimum Gasteiger partial charge on any atom is -0.427 e. The standard InChI is InChI=1S/Dy.3IO3/c;3*2-1(3)4/q;3*-1. The zero-order valence-corrected chi connectivity index (χ0v) is 13.6. The van der Waals surface area contributed by atoms with Crippen LogP contribution in [-0.2, 0) is 0 Å². The van der Waals surface area contributed by atoms with Crippen LogP contribution in [0.15, 0.2) is 0 Å². The summed E-state index contributed by atoms with van der Waals surface area (Å²) in [5, 5.41) is 0. The summed E-state index contributed by atoms with van der Waals surface area (Å²) in [4.78, 5) is 0. The smallest absolute Gasteiger partial charge is 0.282 e. The van der Waals surface area contributed by atoms with Crippen LogP contribution >= 0.6 is 0 Å². The summed E-state index contributed by atoms with van der Waals surface area (Å²) in [5.41, 5.74) is 0. The predicted molar refractivity (Wildman–Crippen MR) is 0 cm³/mol. The first-order valence-corrected chi connectivity index (χ1v) is 9.32. The molecule has 0 aromatic rings. The number of halogens is 3. The van der Waals surface area contributed by atoms with Gasteiger partial charge in [-0.05, 0) is 0 Å². The molecule has 0 aromatic heterocycles. The Morgan fingerprint density at radius 2 is 0.385 bits per heavy atom. The van der Waals surface area contributed by atoms with Gasteiger partial charge < -0.3 is 30.9 Å². The summed E-state index contributed by atoms with van der Waals surface area (Å²) in [5.74, 6) is 0. The molecule has 0 aliphatic carbocycles. The van der Waals surface area contributed by atoms with Gasteiger partial charge in [0.25, 0.3) is 63.2 Å².